The number of fused-ring (bicyclic) bond motifs is 1. The van der Waals surface area contributed by atoms with Crippen molar-refractivity contribution in [2.24, 2.45) is 5.92 Å². The first-order chi connectivity index (χ1) is 7.72. The number of carbonyl (C=O) groups excluding carboxylic acids is 1. The Bertz CT molecular complexity index is 393. The maximum Gasteiger partial charge on any atom is 0.123 e. The second-order valence-electron chi connectivity index (χ2n) is 5.02. The van der Waals surface area contributed by atoms with E-state index in [1.165, 1.54) is 42.4 Å². The zero-order valence-electron chi connectivity index (χ0n) is 10.3. The highest BCUT2D eigenvalue weighted by Gasteiger charge is 2.16. The molecular weight excluding hydrogens is 196 g/mol. The third kappa shape index (κ3) is 2.18. The Morgan fingerprint density at radius 1 is 1.31 bits per heavy atom. The van der Waals surface area contributed by atoms with Gasteiger partial charge in [-0.05, 0) is 61.3 Å². The summed E-state index contributed by atoms with van der Waals surface area (Å²) in [5, 5.41) is 0. The molecule has 0 fully saturated rings. The quantitative estimate of drug-likeness (QED) is 0.709. The first kappa shape index (κ1) is 11.4. The second-order valence-corrected chi connectivity index (χ2v) is 5.02. The third-order valence-corrected chi connectivity index (χ3v) is 3.64. The van der Waals surface area contributed by atoms with Gasteiger partial charge in [0.05, 0.1) is 0 Å². The molecule has 0 aliphatic heterocycles. The molecule has 0 saturated carbocycles. The minimum Gasteiger partial charge on any atom is -0.303 e. The summed E-state index contributed by atoms with van der Waals surface area (Å²) >= 11 is 0. The summed E-state index contributed by atoms with van der Waals surface area (Å²) in [6.45, 7) is 4.18. The highest BCUT2D eigenvalue weighted by atomic mass is 16.1. The van der Waals surface area contributed by atoms with Gasteiger partial charge in [0.2, 0.25) is 0 Å². The Kier molecular flexibility index (Phi) is 3.42. The van der Waals surface area contributed by atoms with Crippen LogP contribution in [0.3, 0.4) is 0 Å². The predicted octanol–water partition coefficient (Wildman–Crippen LogP) is 3.25. The van der Waals surface area contributed by atoms with Gasteiger partial charge in [-0.1, -0.05) is 19.1 Å². The molecule has 1 aliphatic carbocycles. The van der Waals surface area contributed by atoms with E-state index < -0.39 is 0 Å². The fraction of sp³-hybridized carbons (Fsp3) is 0.533. The van der Waals surface area contributed by atoms with Crippen molar-refractivity contribution in [3.63, 3.8) is 0 Å². The smallest absolute Gasteiger partial charge is 0.123 e. The maximum absolute atomic E-state index is 10.8. The second kappa shape index (κ2) is 4.82. The molecule has 0 saturated heterocycles. The zero-order valence-corrected chi connectivity index (χ0v) is 10.3. The van der Waals surface area contributed by atoms with Crippen LogP contribution in [0.5, 0.6) is 0 Å². The minimum absolute atomic E-state index is 0.145. The third-order valence-electron chi connectivity index (χ3n) is 3.64. The molecule has 16 heavy (non-hydrogen) atoms. The first-order valence-corrected chi connectivity index (χ1v) is 6.28. The normalized spacial score (nSPS) is 16.6. The molecule has 1 heteroatoms. The van der Waals surface area contributed by atoms with Gasteiger partial charge in [0.1, 0.15) is 6.29 Å². The van der Waals surface area contributed by atoms with Gasteiger partial charge < -0.3 is 4.79 Å². The number of hydrogen-bond donors (Lipinski definition) is 0. The molecule has 1 unspecified atom stereocenters. The van der Waals surface area contributed by atoms with Crippen molar-refractivity contribution in [3.8, 4) is 0 Å². The van der Waals surface area contributed by atoms with Crippen molar-refractivity contribution < 1.29 is 4.79 Å². The lowest BCUT2D eigenvalue weighted by molar-refractivity contribution is -0.110. The van der Waals surface area contributed by atoms with E-state index in [1.54, 1.807) is 5.56 Å². The van der Waals surface area contributed by atoms with Crippen molar-refractivity contribution >= 4 is 6.29 Å². The van der Waals surface area contributed by atoms with Gasteiger partial charge in [-0.3, -0.25) is 0 Å². The number of aryl methyl sites for hydroxylation is 2. The van der Waals surface area contributed by atoms with Gasteiger partial charge in [0.25, 0.3) is 0 Å². The van der Waals surface area contributed by atoms with Crippen LogP contribution in [0.1, 0.15) is 42.0 Å². The highest BCUT2D eigenvalue weighted by molar-refractivity contribution is 5.55. The Hall–Kier alpha value is -1.11. The summed E-state index contributed by atoms with van der Waals surface area (Å²) in [7, 11) is 0. The molecule has 1 aromatic rings. The highest BCUT2D eigenvalue weighted by Crippen LogP contribution is 2.28. The van der Waals surface area contributed by atoms with E-state index in [-0.39, 0.29) is 5.92 Å². The van der Waals surface area contributed by atoms with Crippen LogP contribution in [0.15, 0.2) is 12.1 Å². The van der Waals surface area contributed by atoms with Gasteiger partial charge in [0.15, 0.2) is 0 Å². The maximum atomic E-state index is 10.8. The van der Waals surface area contributed by atoms with Gasteiger partial charge in [-0.25, -0.2) is 0 Å². The van der Waals surface area contributed by atoms with Crippen LogP contribution >= 0.6 is 0 Å². The number of rotatable bonds is 3. The van der Waals surface area contributed by atoms with E-state index in [2.05, 4.69) is 19.1 Å². The number of carbonyl (C=O) groups is 1. The molecule has 2 rings (SSSR count). The Morgan fingerprint density at radius 3 is 2.81 bits per heavy atom. The molecule has 0 amide bonds. The molecule has 0 aromatic heterocycles. The van der Waals surface area contributed by atoms with Crippen LogP contribution in [-0.4, -0.2) is 6.29 Å². The number of aldehydes is 1. The van der Waals surface area contributed by atoms with Crippen molar-refractivity contribution in [2.45, 2.75) is 46.0 Å². The zero-order chi connectivity index (χ0) is 11.5. The minimum atomic E-state index is 0.145. The molecule has 0 spiro atoms. The van der Waals surface area contributed by atoms with Crippen LogP contribution in [-0.2, 0) is 24.1 Å². The Labute approximate surface area is 97.9 Å². The standard InChI is InChI=1S/C15H20O/c1-11(10-16)9-15-12(2)7-8-13-5-3-4-6-14(13)15/h7-8,10-11H,3-6,9H2,1-2H3. The lowest BCUT2D eigenvalue weighted by Gasteiger charge is -2.22. The topological polar surface area (TPSA) is 17.1 Å². The predicted molar refractivity (Wildman–Crippen MR) is 66.8 cm³/mol. The van der Waals surface area contributed by atoms with Crippen molar-refractivity contribution in [3.05, 3.63) is 34.4 Å². The van der Waals surface area contributed by atoms with Gasteiger partial charge in [-0.2, -0.15) is 0 Å². The summed E-state index contributed by atoms with van der Waals surface area (Å²) in [4.78, 5) is 10.8. The SMILES string of the molecule is Cc1ccc2c(c1CC(C)C=O)CCCC2. The summed E-state index contributed by atoms with van der Waals surface area (Å²) in [5.41, 5.74) is 5.86. The van der Waals surface area contributed by atoms with Crippen LogP contribution in [0, 0.1) is 12.8 Å². The molecule has 1 nitrogen and oxygen atoms in total. The fourth-order valence-corrected chi connectivity index (χ4v) is 2.68. The van der Waals surface area contributed by atoms with E-state index in [1.807, 2.05) is 6.92 Å². The molecule has 1 aliphatic rings. The lowest BCUT2D eigenvalue weighted by atomic mass is 9.83. The number of hydrogen-bond acceptors (Lipinski definition) is 1. The number of benzene rings is 1. The van der Waals surface area contributed by atoms with E-state index in [9.17, 15) is 4.79 Å². The van der Waals surface area contributed by atoms with Gasteiger partial charge in [-0.15, -0.1) is 0 Å². The van der Waals surface area contributed by atoms with Gasteiger partial charge in [0, 0.05) is 5.92 Å². The molecule has 1 atom stereocenters. The molecular formula is C15H20O. The summed E-state index contributed by atoms with van der Waals surface area (Å²) in [5.74, 6) is 0.145. The Balaban J connectivity index is 2.37. The molecule has 0 bridgehead atoms. The van der Waals surface area contributed by atoms with Crippen LogP contribution in [0.25, 0.3) is 0 Å². The van der Waals surface area contributed by atoms with E-state index in [0.717, 1.165) is 12.7 Å². The molecule has 0 N–H and O–H groups in total. The summed E-state index contributed by atoms with van der Waals surface area (Å²) in [6.07, 6.45) is 7.04. The van der Waals surface area contributed by atoms with Crippen molar-refractivity contribution in [1.82, 2.24) is 0 Å². The molecule has 1 aromatic carbocycles. The molecule has 0 radical (unpaired) electrons. The summed E-state index contributed by atoms with van der Waals surface area (Å²) in [6, 6.07) is 4.50. The monoisotopic (exact) mass is 216 g/mol. The van der Waals surface area contributed by atoms with E-state index in [0.29, 0.717) is 0 Å². The summed E-state index contributed by atoms with van der Waals surface area (Å²) < 4.78 is 0. The molecule has 0 heterocycles. The van der Waals surface area contributed by atoms with Crippen molar-refractivity contribution in [1.29, 1.82) is 0 Å². The van der Waals surface area contributed by atoms with Crippen LogP contribution < -0.4 is 0 Å². The van der Waals surface area contributed by atoms with E-state index >= 15 is 0 Å². The molecule has 86 valence electrons. The lowest BCUT2D eigenvalue weighted by Crippen LogP contribution is -2.11. The van der Waals surface area contributed by atoms with Crippen LogP contribution in [0.4, 0.5) is 0 Å². The fourth-order valence-electron chi connectivity index (χ4n) is 2.68. The largest absolute Gasteiger partial charge is 0.303 e. The van der Waals surface area contributed by atoms with E-state index in [4.69, 9.17) is 0 Å². The first-order valence-electron chi connectivity index (χ1n) is 6.28. The van der Waals surface area contributed by atoms with Crippen LogP contribution in [0.2, 0.25) is 0 Å². The average Bonchev–Trinajstić information content (AvgIpc) is 2.32. The van der Waals surface area contributed by atoms with Crippen molar-refractivity contribution in [2.75, 3.05) is 0 Å². The Morgan fingerprint density at radius 2 is 2.06 bits per heavy atom. The average molecular weight is 216 g/mol. The van der Waals surface area contributed by atoms with Gasteiger partial charge >= 0.3 is 0 Å².